The van der Waals surface area contributed by atoms with E-state index >= 15 is 0 Å². The number of allylic oxidation sites excluding steroid dienone is 1. The second-order valence-corrected chi connectivity index (χ2v) is 8.62. The maximum atomic E-state index is 14.0. The number of hydrogen-bond donors (Lipinski definition) is 1. The van der Waals surface area contributed by atoms with Crippen LogP contribution in [0.4, 0.5) is 4.39 Å². The van der Waals surface area contributed by atoms with Crippen molar-refractivity contribution in [3.63, 3.8) is 0 Å². The number of thiocarbonyl (C=S) groups is 1. The molecule has 0 saturated carbocycles. The second kappa shape index (κ2) is 8.59. The van der Waals surface area contributed by atoms with Gasteiger partial charge in [0, 0.05) is 17.8 Å². The molecule has 1 aromatic heterocycles. The van der Waals surface area contributed by atoms with Gasteiger partial charge in [-0.2, -0.15) is 4.98 Å². The van der Waals surface area contributed by atoms with Gasteiger partial charge in [0.1, 0.15) is 5.82 Å². The van der Waals surface area contributed by atoms with Crippen LogP contribution >= 0.6 is 12.2 Å². The van der Waals surface area contributed by atoms with Crippen LogP contribution < -0.4 is 5.32 Å². The Morgan fingerprint density at radius 3 is 2.58 bits per heavy atom. The summed E-state index contributed by atoms with van der Waals surface area (Å²) in [5, 5.41) is 8.16. The normalized spacial score (nSPS) is 16.8. The third-order valence-electron chi connectivity index (χ3n) is 5.29. The van der Waals surface area contributed by atoms with Crippen LogP contribution in [-0.4, -0.2) is 26.7 Å². The molecule has 31 heavy (non-hydrogen) atoms. The highest BCUT2D eigenvalue weighted by Gasteiger charge is 2.34. The zero-order chi connectivity index (χ0) is 22.1. The van der Waals surface area contributed by atoms with Gasteiger partial charge in [-0.3, -0.25) is 0 Å². The first-order valence-electron chi connectivity index (χ1n) is 10.3. The smallest absolute Gasteiger partial charge is 0.258 e. The molecule has 2 heterocycles. The van der Waals surface area contributed by atoms with Crippen LogP contribution in [0.1, 0.15) is 43.8 Å². The van der Waals surface area contributed by atoms with E-state index in [9.17, 15) is 4.39 Å². The molecule has 160 valence electrons. The Bertz CT molecular complexity index is 1140. The Hall–Kier alpha value is -3.06. The molecule has 4 rings (SSSR count). The predicted octanol–water partition coefficient (Wildman–Crippen LogP) is 5.50. The number of aromatic nitrogens is 2. The maximum absolute atomic E-state index is 14.0. The zero-order valence-electron chi connectivity index (χ0n) is 18.0. The highest BCUT2D eigenvalue weighted by Crippen LogP contribution is 2.37. The van der Waals surface area contributed by atoms with Gasteiger partial charge in [-0.15, -0.1) is 0 Å². The van der Waals surface area contributed by atoms with Gasteiger partial charge in [-0.1, -0.05) is 61.0 Å². The zero-order valence-corrected chi connectivity index (χ0v) is 18.8. The molecule has 0 aliphatic carbocycles. The van der Waals surface area contributed by atoms with E-state index in [0.717, 1.165) is 34.5 Å². The van der Waals surface area contributed by atoms with Gasteiger partial charge in [0.15, 0.2) is 5.11 Å². The van der Waals surface area contributed by atoms with Gasteiger partial charge in [-0.25, -0.2) is 4.39 Å². The summed E-state index contributed by atoms with van der Waals surface area (Å²) in [4.78, 5) is 6.72. The predicted molar refractivity (Wildman–Crippen MR) is 123 cm³/mol. The van der Waals surface area contributed by atoms with Crippen molar-refractivity contribution in [3.8, 4) is 11.4 Å². The topological polar surface area (TPSA) is 54.2 Å². The van der Waals surface area contributed by atoms with Crippen molar-refractivity contribution in [2.45, 2.75) is 33.7 Å². The van der Waals surface area contributed by atoms with Crippen LogP contribution in [0.3, 0.4) is 0 Å². The molecule has 2 aromatic carbocycles. The number of rotatable bonds is 5. The lowest BCUT2D eigenvalue weighted by molar-refractivity contribution is 0.385. The lowest BCUT2D eigenvalue weighted by Gasteiger charge is -2.38. The summed E-state index contributed by atoms with van der Waals surface area (Å²) < 4.78 is 19.7. The molecule has 1 atom stereocenters. The largest absolute Gasteiger partial charge is 0.351 e. The summed E-state index contributed by atoms with van der Waals surface area (Å²) in [6.45, 7) is 9.04. The second-order valence-electron chi connectivity index (χ2n) is 8.23. The monoisotopic (exact) mass is 436 g/mol. The van der Waals surface area contributed by atoms with E-state index in [1.165, 1.54) is 12.1 Å². The Balaban J connectivity index is 1.82. The van der Waals surface area contributed by atoms with Crippen LogP contribution in [0.15, 0.2) is 58.8 Å². The summed E-state index contributed by atoms with van der Waals surface area (Å²) in [5.41, 5.74) is 4.50. The third kappa shape index (κ3) is 4.37. The molecule has 1 aliphatic heterocycles. The molecule has 0 saturated heterocycles. The van der Waals surface area contributed by atoms with Crippen molar-refractivity contribution in [2.24, 2.45) is 5.92 Å². The first kappa shape index (κ1) is 21.2. The molecule has 1 N–H and O–H groups in total. The first-order chi connectivity index (χ1) is 14.8. The lowest BCUT2D eigenvalue weighted by Crippen LogP contribution is -2.47. The van der Waals surface area contributed by atoms with E-state index in [0.29, 0.717) is 22.7 Å². The number of nitrogens with zero attached hydrogens (tertiary/aromatic N) is 3. The lowest BCUT2D eigenvalue weighted by atomic mass is 9.94. The van der Waals surface area contributed by atoms with Crippen molar-refractivity contribution in [1.82, 2.24) is 20.4 Å². The van der Waals surface area contributed by atoms with Crippen molar-refractivity contribution in [3.05, 3.63) is 77.1 Å². The molecule has 1 unspecified atom stereocenters. The number of nitrogens with one attached hydrogen (secondary N) is 1. The molecular formula is C24H25FN4OS. The highest BCUT2D eigenvalue weighted by molar-refractivity contribution is 7.80. The van der Waals surface area contributed by atoms with Gasteiger partial charge in [0.05, 0.1) is 11.6 Å². The minimum atomic E-state index is -0.391. The van der Waals surface area contributed by atoms with Crippen LogP contribution in [0.25, 0.3) is 17.0 Å². The quantitative estimate of drug-likeness (QED) is 0.533. The summed E-state index contributed by atoms with van der Waals surface area (Å²) in [6, 6.07) is 14.0. The molecule has 0 fully saturated rings. The van der Waals surface area contributed by atoms with E-state index < -0.39 is 6.04 Å². The van der Waals surface area contributed by atoms with Crippen LogP contribution in [0.5, 0.6) is 0 Å². The van der Waals surface area contributed by atoms with Crippen molar-refractivity contribution in [1.29, 1.82) is 0 Å². The first-order valence-corrected chi connectivity index (χ1v) is 10.7. The molecule has 0 spiro atoms. The fraction of sp³-hybridized carbons (Fsp3) is 0.292. The van der Waals surface area contributed by atoms with E-state index in [2.05, 4.69) is 29.3 Å². The fourth-order valence-corrected chi connectivity index (χ4v) is 4.06. The Morgan fingerprint density at radius 1 is 1.16 bits per heavy atom. The van der Waals surface area contributed by atoms with Gasteiger partial charge >= 0.3 is 0 Å². The molecule has 0 radical (unpaired) electrons. The summed E-state index contributed by atoms with van der Waals surface area (Å²) >= 11 is 5.65. The van der Waals surface area contributed by atoms with Crippen molar-refractivity contribution >= 4 is 22.9 Å². The average Bonchev–Trinajstić information content (AvgIpc) is 3.20. The number of hydrogen-bond acceptors (Lipinski definition) is 4. The molecule has 3 aromatic rings. The van der Waals surface area contributed by atoms with Crippen LogP contribution in [0, 0.1) is 18.7 Å². The molecule has 0 amide bonds. The molecule has 1 aliphatic rings. The fourth-order valence-electron chi connectivity index (χ4n) is 3.73. The van der Waals surface area contributed by atoms with E-state index in [4.69, 9.17) is 16.7 Å². The van der Waals surface area contributed by atoms with Gasteiger partial charge in [0.2, 0.25) is 5.82 Å². The van der Waals surface area contributed by atoms with Crippen molar-refractivity contribution in [2.75, 3.05) is 6.54 Å². The highest BCUT2D eigenvalue weighted by atomic mass is 32.1. The number of benzene rings is 2. The average molecular weight is 437 g/mol. The van der Waals surface area contributed by atoms with Gasteiger partial charge in [0.25, 0.3) is 5.89 Å². The summed E-state index contributed by atoms with van der Waals surface area (Å²) in [7, 11) is 0. The summed E-state index contributed by atoms with van der Waals surface area (Å²) in [5.74, 6) is 0.994. The number of halogens is 1. The van der Waals surface area contributed by atoms with Gasteiger partial charge < -0.3 is 14.7 Å². The molecule has 7 heteroatoms. The minimum Gasteiger partial charge on any atom is -0.351 e. The molecule has 5 nitrogen and oxygen atoms in total. The number of aryl methyl sites for hydroxylation is 1. The SMILES string of the molecule is CC1=C(c2nc(-c3ccc(C)cc3)no2)C(c2cccc(F)c2)NC(=S)N1CC(C)C. The van der Waals surface area contributed by atoms with Gasteiger partial charge in [-0.05, 0) is 49.7 Å². The van der Waals surface area contributed by atoms with Crippen molar-refractivity contribution < 1.29 is 8.91 Å². The Morgan fingerprint density at radius 2 is 1.90 bits per heavy atom. The third-order valence-corrected chi connectivity index (χ3v) is 5.63. The van der Waals surface area contributed by atoms with Crippen LogP contribution in [0.2, 0.25) is 0 Å². The summed E-state index contributed by atoms with van der Waals surface area (Å²) in [6.07, 6.45) is 0. The van der Waals surface area contributed by atoms with Crippen LogP contribution in [-0.2, 0) is 0 Å². The van der Waals surface area contributed by atoms with E-state index in [-0.39, 0.29) is 5.82 Å². The molecule has 0 bridgehead atoms. The standard InChI is InChI=1S/C24H25FN4OS/c1-14(2)13-29-16(4)20(21(26-24(29)31)18-6-5-7-19(25)12-18)23-27-22(28-30-23)17-10-8-15(3)9-11-17/h5-12,14,21H,13H2,1-4H3,(H,26,31). The minimum absolute atomic E-state index is 0.308. The maximum Gasteiger partial charge on any atom is 0.258 e. The Kier molecular flexibility index (Phi) is 5.87. The molecular weight excluding hydrogens is 411 g/mol. The van der Waals surface area contributed by atoms with E-state index in [1.807, 2.05) is 49.1 Å². The Labute approximate surface area is 187 Å². The van der Waals surface area contributed by atoms with E-state index in [1.54, 1.807) is 6.07 Å².